The van der Waals surface area contributed by atoms with Crippen molar-refractivity contribution >= 4 is 44.2 Å². The lowest BCUT2D eigenvalue weighted by Gasteiger charge is -2.24. The molecular formula is C18H20ClN3O2S. The van der Waals surface area contributed by atoms with Crippen LogP contribution >= 0.6 is 22.9 Å². The van der Waals surface area contributed by atoms with Gasteiger partial charge in [-0.25, -0.2) is 4.98 Å². The van der Waals surface area contributed by atoms with Crippen LogP contribution in [0.3, 0.4) is 0 Å². The highest BCUT2D eigenvalue weighted by Crippen LogP contribution is 2.33. The minimum absolute atomic E-state index is 0.188. The Bertz CT molecular complexity index is 843. The van der Waals surface area contributed by atoms with E-state index >= 15 is 0 Å². The molecule has 0 bridgehead atoms. The number of halogens is 1. The van der Waals surface area contributed by atoms with Crippen molar-refractivity contribution in [1.29, 1.82) is 0 Å². The van der Waals surface area contributed by atoms with Gasteiger partial charge in [0.25, 0.3) is 5.91 Å². The van der Waals surface area contributed by atoms with Gasteiger partial charge in [0.2, 0.25) is 0 Å². The van der Waals surface area contributed by atoms with Crippen molar-refractivity contribution in [3.8, 4) is 0 Å². The summed E-state index contributed by atoms with van der Waals surface area (Å²) in [5.74, 6) is 0.122. The molecule has 132 valence electrons. The lowest BCUT2D eigenvalue weighted by Crippen LogP contribution is -2.38. The second-order valence-electron chi connectivity index (χ2n) is 5.54. The summed E-state index contributed by atoms with van der Waals surface area (Å²) in [4.78, 5) is 21.5. The molecule has 2 aromatic heterocycles. The first-order chi connectivity index (χ1) is 12.1. The van der Waals surface area contributed by atoms with Gasteiger partial charge in [-0.05, 0) is 37.4 Å². The highest BCUT2D eigenvalue weighted by molar-refractivity contribution is 7.22. The van der Waals surface area contributed by atoms with Crippen molar-refractivity contribution in [2.75, 3.05) is 31.1 Å². The molecule has 0 aliphatic rings. The quantitative estimate of drug-likeness (QED) is 0.607. The molecule has 3 rings (SSSR count). The Hall–Kier alpha value is -1.89. The third-order valence-corrected chi connectivity index (χ3v) is 5.45. The van der Waals surface area contributed by atoms with Crippen LogP contribution in [-0.4, -0.2) is 42.0 Å². The van der Waals surface area contributed by atoms with E-state index < -0.39 is 0 Å². The summed E-state index contributed by atoms with van der Waals surface area (Å²) in [6, 6.07) is 9.05. The van der Waals surface area contributed by atoms with Crippen molar-refractivity contribution in [1.82, 2.24) is 9.88 Å². The standard InChI is InChI=1S/C18H20ClN3O2S/c1-3-21(4-2)10-11-22(17(23)14-8-6-12-24-14)18-20-16-13(19)7-5-9-15(16)25-18/h5-9,12H,3-4,10-11H2,1-2H3. The first-order valence-corrected chi connectivity index (χ1v) is 9.46. The number of hydrogen-bond acceptors (Lipinski definition) is 5. The van der Waals surface area contributed by atoms with Gasteiger partial charge in [-0.1, -0.05) is 42.9 Å². The predicted octanol–water partition coefficient (Wildman–Crippen LogP) is 4.53. The van der Waals surface area contributed by atoms with Crippen molar-refractivity contribution < 1.29 is 9.21 Å². The maximum Gasteiger partial charge on any atom is 0.295 e. The normalized spacial score (nSPS) is 11.4. The zero-order chi connectivity index (χ0) is 17.8. The van der Waals surface area contributed by atoms with E-state index in [1.807, 2.05) is 18.2 Å². The van der Waals surface area contributed by atoms with Crippen LogP contribution in [0.2, 0.25) is 5.02 Å². The maximum atomic E-state index is 12.9. The Balaban J connectivity index is 1.94. The van der Waals surface area contributed by atoms with Crippen LogP contribution in [0, 0.1) is 0 Å². The molecule has 2 heterocycles. The second kappa shape index (κ2) is 7.99. The highest BCUT2D eigenvalue weighted by atomic mass is 35.5. The number of amides is 1. The van der Waals surface area contributed by atoms with Crippen LogP contribution < -0.4 is 4.90 Å². The number of carbonyl (C=O) groups is 1. The van der Waals surface area contributed by atoms with Gasteiger partial charge >= 0.3 is 0 Å². The monoisotopic (exact) mass is 377 g/mol. The van der Waals surface area contributed by atoms with Gasteiger partial charge in [-0.2, -0.15) is 0 Å². The molecule has 0 fully saturated rings. The van der Waals surface area contributed by atoms with E-state index in [9.17, 15) is 4.79 Å². The SMILES string of the molecule is CCN(CC)CCN(C(=O)c1ccco1)c1nc2c(Cl)cccc2s1. The zero-order valence-corrected chi connectivity index (χ0v) is 15.8. The lowest BCUT2D eigenvalue weighted by atomic mass is 10.3. The van der Waals surface area contributed by atoms with E-state index in [1.54, 1.807) is 17.0 Å². The van der Waals surface area contributed by atoms with Gasteiger partial charge in [0.15, 0.2) is 10.9 Å². The second-order valence-corrected chi connectivity index (χ2v) is 6.96. The van der Waals surface area contributed by atoms with Gasteiger partial charge in [-0.3, -0.25) is 9.69 Å². The fourth-order valence-corrected chi connectivity index (χ4v) is 3.91. The molecule has 0 atom stereocenters. The molecule has 0 N–H and O–H groups in total. The van der Waals surface area contributed by atoms with Gasteiger partial charge in [0, 0.05) is 13.1 Å². The maximum absolute atomic E-state index is 12.9. The molecule has 0 aliphatic heterocycles. The van der Waals surface area contributed by atoms with E-state index in [4.69, 9.17) is 16.0 Å². The van der Waals surface area contributed by atoms with E-state index in [0.29, 0.717) is 22.5 Å². The Morgan fingerprint density at radius 2 is 2.00 bits per heavy atom. The van der Waals surface area contributed by atoms with Crippen LogP contribution in [0.4, 0.5) is 5.13 Å². The molecule has 1 aromatic carbocycles. The molecule has 0 spiro atoms. The van der Waals surface area contributed by atoms with Crippen LogP contribution in [-0.2, 0) is 0 Å². The summed E-state index contributed by atoms with van der Waals surface area (Å²) < 4.78 is 6.26. The van der Waals surface area contributed by atoms with Gasteiger partial charge in [0.05, 0.1) is 16.0 Å². The Labute approximate surface area is 155 Å². The van der Waals surface area contributed by atoms with Crippen LogP contribution in [0.1, 0.15) is 24.4 Å². The number of anilines is 1. The van der Waals surface area contributed by atoms with Crippen LogP contribution in [0.25, 0.3) is 10.2 Å². The smallest absolute Gasteiger partial charge is 0.295 e. The van der Waals surface area contributed by atoms with E-state index in [-0.39, 0.29) is 5.91 Å². The molecule has 3 aromatic rings. The number of thiazole rings is 1. The summed E-state index contributed by atoms with van der Waals surface area (Å²) in [5.41, 5.74) is 0.726. The van der Waals surface area contributed by atoms with Crippen molar-refractivity contribution in [2.24, 2.45) is 0 Å². The molecule has 5 nitrogen and oxygen atoms in total. The molecular weight excluding hydrogens is 358 g/mol. The van der Waals surface area contributed by atoms with Gasteiger partial charge in [0.1, 0.15) is 5.52 Å². The van der Waals surface area contributed by atoms with Gasteiger partial charge in [-0.15, -0.1) is 0 Å². The molecule has 0 unspecified atom stereocenters. The average molecular weight is 378 g/mol. The van der Waals surface area contributed by atoms with E-state index in [0.717, 1.165) is 29.9 Å². The number of nitrogens with zero attached hydrogens (tertiary/aromatic N) is 3. The number of likely N-dealkylation sites (N-methyl/N-ethyl adjacent to an activating group) is 1. The molecule has 0 aliphatic carbocycles. The molecule has 25 heavy (non-hydrogen) atoms. The Kier molecular flexibility index (Phi) is 5.73. The average Bonchev–Trinajstić information content (AvgIpc) is 3.28. The van der Waals surface area contributed by atoms with Crippen LogP contribution in [0.5, 0.6) is 0 Å². The molecule has 0 radical (unpaired) electrons. The summed E-state index contributed by atoms with van der Waals surface area (Å²) in [5, 5.41) is 1.23. The first-order valence-electron chi connectivity index (χ1n) is 8.26. The highest BCUT2D eigenvalue weighted by Gasteiger charge is 2.24. The first kappa shape index (κ1) is 17.9. The largest absolute Gasteiger partial charge is 0.459 e. The number of para-hydroxylation sites is 1. The lowest BCUT2D eigenvalue weighted by molar-refractivity contribution is 0.0957. The topological polar surface area (TPSA) is 49.6 Å². The number of furan rings is 1. The fourth-order valence-electron chi connectivity index (χ4n) is 2.62. The number of aromatic nitrogens is 1. The third-order valence-electron chi connectivity index (χ3n) is 4.10. The van der Waals surface area contributed by atoms with Crippen LogP contribution in [0.15, 0.2) is 41.0 Å². The number of fused-ring (bicyclic) bond motifs is 1. The molecule has 1 amide bonds. The predicted molar refractivity (Wildman–Crippen MR) is 103 cm³/mol. The van der Waals surface area contributed by atoms with E-state index in [1.165, 1.54) is 17.6 Å². The molecule has 0 saturated carbocycles. The van der Waals surface area contributed by atoms with E-state index in [2.05, 4.69) is 23.7 Å². The Morgan fingerprint density at radius 1 is 1.20 bits per heavy atom. The number of rotatable bonds is 7. The minimum Gasteiger partial charge on any atom is -0.459 e. The van der Waals surface area contributed by atoms with Crippen molar-refractivity contribution in [2.45, 2.75) is 13.8 Å². The Morgan fingerprint density at radius 3 is 2.64 bits per heavy atom. The van der Waals surface area contributed by atoms with Crippen molar-refractivity contribution in [3.63, 3.8) is 0 Å². The van der Waals surface area contributed by atoms with Gasteiger partial charge < -0.3 is 9.32 Å². The number of benzene rings is 1. The molecule has 7 heteroatoms. The number of hydrogen-bond donors (Lipinski definition) is 0. The zero-order valence-electron chi connectivity index (χ0n) is 14.2. The number of carbonyl (C=O) groups excluding carboxylic acids is 1. The summed E-state index contributed by atoms with van der Waals surface area (Å²) in [6.07, 6.45) is 1.50. The minimum atomic E-state index is -0.188. The third kappa shape index (κ3) is 3.86. The fraction of sp³-hybridized carbons (Fsp3) is 0.333. The summed E-state index contributed by atoms with van der Waals surface area (Å²) in [6.45, 7) is 7.40. The summed E-state index contributed by atoms with van der Waals surface area (Å²) >= 11 is 7.70. The van der Waals surface area contributed by atoms with Crippen molar-refractivity contribution in [3.05, 3.63) is 47.4 Å². The molecule has 0 saturated heterocycles. The summed E-state index contributed by atoms with van der Waals surface area (Å²) in [7, 11) is 0.